The molecular formula is C44H34IrN2O-2. The molecule has 0 N–H and O–H groups in total. The Morgan fingerprint density at radius 2 is 1.38 bits per heavy atom. The van der Waals surface area contributed by atoms with Crippen LogP contribution in [0.2, 0.25) is 0 Å². The molecule has 237 valence electrons. The van der Waals surface area contributed by atoms with Gasteiger partial charge in [-0.15, -0.1) is 54.1 Å². The summed E-state index contributed by atoms with van der Waals surface area (Å²) in [6.45, 7) is 2.20. The first kappa shape index (κ1) is 29.0. The van der Waals surface area contributed by atoms with Crippen molar-refractivity contribution in [1.29, 1.82) is 0 Å². The Morgan fingerprint density at radius 1 is 0.646 bits per heavy atom. The fourth-order valence-electron chi connectivity index (χ4n) is 5.83. The van der Waals surface area contributed by atoms with Crippen LogP contribution in [0.15, 0.2) is 156 Å². The Hall–Kier alpha value is -5.15. The number of rotatable bonds is 5. The molecule has 8 aromatic rings. The molecule has 1 radical (unpaired) electrons. The molecule has 8 rings (SSSR count). The smallest absolute Gasteiger partial charge is 0.120 e. The van der Waals surface area contributed by atoms with E-state index in [0.29, 0.717) is 22.4 Å². The molecule has 0 saturated carbocycles. The molecule has 0 aliphatic carbocycles. The van der Waals surface area contributed by atoms with E-state index in [1.807, 2.05) is 109 Å². The third-order valence-corrected chi connectivity index (χ3v) is 8.55. The topological polar surface area (TPSA) is 38.9 Å². The maximum atomic E-state index is 7.91. The van der Waals surface area contributed by atoms with Crippen molar-refractivity contribution in [3.05, 3.63) is 181 Å². The van der Waals surface area contributed by atoms with Crippen molar-refractivity contribution in [2.75, 3.05) is 0 Å². The molecule has 0 amide bonds. The van der Waals surface area contributed by atoms with Gasteiger partial charge < -0.3 is 14.4 Å². The number of fused-ring (bicyclic) bond motifs is 3. The summed E-state index contributed by atoms with van der Waals surface area (Å²) in [7, 11) is 0. The summed E-state index contributed by atoms with van der Waals surface area (Å²) in [5, 5.41) is 2.01. The first-order valence-electron chi connectivity index (χ1n) is 17.1. The van der Waals surface area contributed by atoms with Gasteiger partial charge in [-0.3, -0.25) is 0 Å². The molecule has 0 spiro atoms. The quantitative estimate of drug-likeness (QED) is 0.163. The second-order valence-electron chi connectivity index (χ2n) is 11.9. The van der Waals surface area contributed by atoms with Crippen molar-refractivity contribution >= 4 is 21.9 Å². The zero-order valence-electron chi connectivity index (χ0n) is 29.6. The maximum absolute atomic E-state index is 7.91. The van der Waals surface area contributed by atoms with Crippen molar-refractivity contribution in [3.63, 3.8) is 0 Å². The summed E-state index contributed by atoms with van der Waals surface area (Å²) >= 11 is 0. The first-order chi connectivity index (χ1) is 24.2. The molecule has 3 heterocycles. The summed E-state index contributed by atoms with van der Waals surface area (Å²) in [5.41, 5.74) is 8.99. The molecule has 0 saturated heterocycles. The average Bonchev–Trinajstić information content (AvgIpc) is 3.55. The fourth-order valence-corrected chi connectivity index (χ4v) is 5.83. The van der Waals surface area contributed by atoms with Gasteiger partial charge in [-0.25, -0.2) is 0 Å². The van der Waals surface area contributed by atoms with Crippen LogP contribution in [0.4, 0.5) is 0 Å². The van der Waals surface area contributed by atoms with Gasteiger partial charge in [0.15, 0.2) is 0 Å². The molecule has 4 heteroatoms. The van der Waals surface area contributed by atoms with E-state index in [9.17, 15) is 0 Å². The predicted molar refractivity (Wildman–Crippen MR) is 193 cm³/mol. The van der Waals surface area contributed by atoms with E-state index in [4.69, 9.17) is 8.53 Å². The third-order valence-electron chi connectivity index (χ3n) is 8.55. The zero-order valence-corrected chi connectivity index (χ0v) is 29.0. The monoisotopic (exact) mass is 802 g/mol. The Bertz CT molecular complexity index is 2370. The average molecular weight is 802 g/mol. The van der Waals surface area contributed by atoms with Crippen molar-refractivity contribution in [1.82, 2.24) is 9.97 Å². The number of nitrogens with zero attached hydrogens (tertiary/aromatic N) is 2. The number of pyridine rings is 2. The van der Waals surface area contributed by atoms with Gasteiger partial charge in [0.1, 0.15) is 5.58 Å². The van der Waals surface area contributed by atoms with Gasteiger partial charge in [0.2, 0.25) is 0 Å². The van der Waals surface area contributed by atoms with Crippen molar-refractivity contribution in [2.24, 2.45) is 0 Å². The van der Waals surface area contributed by atoms with Crippen molar-refractivity contribution in [3.8, 4) is 33.6 Å². The minimum Gasteiger partial charge on any atom is -0.501 e. The van der Waals surface area contributed by atoms with E-state index < -0.39 is 6.85 Å². The number of benzene rings is 5. The van der Waals surface area contributed by atoms with Gasteiger partial charge in [-0.2, -0.15) is 0 Å². The minimum atomic E-state index is -2.26. The molecule has 0 aliphatic rings. The molecule has 0 bridgehead atoms. The van der Waals surface area contributed by atoms with Gasteiger partial charge in [-0.1, -0.05) is 122 Å². The summed E-state index contributed by atoms with van der Waals surface area (Å²) in [4.78, 5) is 9.08. The van der Waals surface area contributed by atoms with E-state index in [1.165, 1.54) is 17.3 Å². The fraction of sp³-hybridized carbons (Fsp3) is 0.0909. The normalized spacial score (nSPS) is 12.2. The molecule has 5 aromatic carbocycles. The second kappa shape index (κ2) is 14.3. The Labute approximate surface area is 299 Å². The van der Waals surface area contributed by atoms with Crippen LogP contribution in [0.3, 0.4) is 0 Å². The maximum Gasteiger partial charge on any atom is 0.120 e. The van der Waals surface area contributed by atoms with Crippen LogP contribution < -0.4 is 0 Å². The van der Waals surface area contributed by atoms with E-state index in [0.717, 1.165) is 33.2 Å². The molecule has 0 unspecified atom stereocenters. The van der Waals surface area contributed by atoms with Crippen LogP contribution in [0, 0.1) is 19.0 Å². The van der Waals surface area contributed by atoms with E-state index in [1.54, 1.807) is 0 Å². The third kappa shape index (κ3) is 6.64. The Kier molecular flexibility index (Phi) is 8.65. The standard InChI is InChI=1S/C24H16NO.C20H18N.Ir/c1-16-15-25-22(14-21(16)17-8-3-2-4-9-17)20-12-7-11-19-18-10-5-6-13-23(18)26-24(19)20;1-20(2,17-11-7-4-8-12-17)18-13-14-19(21-15-18)16-9-5-3-6-10-16;/h2-11,13-15H,1H3;3-9,11-15H,1-2H3;/q2*-1;/i1D3;;. The predicted octanol–water partition coefficient (Wildman–Crippen LogP) is 11.3. The Morgan fingerprint density at radius 3 is 2.10 bits per heavy atom. The van der Waals surface area contributed by atoms with Crippen LogP contribution in [-0.4, -0.2) is 9.97 Å². The number of hydrogen-bond donors (Lipinski definition) is 0. The molecule has 0 fully saturated rings. The number of aryl methyl sites for hydroxylation is 1. The van der Waals surface area contributed by atoms with Crippen LogP contribution in [0.5, 0.6) is 0 Å². The number of aromatic nitrogens is 2. The van der Waals surface area contributed by atoms with Crippen molar-refractivity contribution in [2.45, 2.75) is 26.1 Å². The molecule has 0 aliphatic heterocycles. The first-order valence-corrected chi connectivity index (χ1v) is 15.6. The van der Waals surface area contributed by atoms with E-state index in [2.05, 4.69) is 72.3 Å². The van der Waals surface area contributed by atoms with Crippen LogP contribution in [0.25, 0.3) is 55.6 Å². The van der Waals surface area contributed by atoms with Gasteiger partial charge in [0.05, 0.1) is 5.58 Å². The van der Waals surface area contributed by atoms with Crippen LogP contribution in [-0.2, 0) is 25.5 Å². The summed E-state index contributed by atoms with van der Waals surface area (Å²) in [6, 6.07) is 52.1. The summed E-state index contributed by atoms with van der Waals surface area (Å²) in [6.07, 6.45) is 3.42. The number of hydrogen-bond acceptors (Lipinski definition) is 3. The van der Waals surface area contributed by atoms with Crippen LogP contribution >= 0.6 is 0 Å². The van der Waals surface area contributed by atoms with Gasteiger partial charge >= 0.3 is 0 Å². The largest absolute Gasteiger partial charge is 0.501 e. The number of furan rings is 1. The molecule has 3 nitrogen and oxygen atoms in total. The Balaban J connectivity index is 0.000000181. The van der Waals surface area contributed by atoms with Crippen LogP contribution in [0.1, 0.15) is 34.7 Å². The zero-order chi connectivity index (χ0) is 34.7. The molecule has 48 heavy (non-hydrogen) atoms. The summed E-state index contributed by atoms with van der Waals surface area (Å²) in [5.74, 6) is 0. The van der Waals surface area contributed by atoms with Gasteiger partial charge in [0.25, 0.3) is 0 Å². The summed E-state index contributed by atoms with van der Waals surface area (Å²) < 4.78 is 29.8. The second-order valence-corrected chi connectivity index (χ2v) is 11.9. The number of para-hydroxylation sites is 1. The SMILES string of the molecule is CC(C)(c1ccccc1)c1ccc(-c2[c-]cccc2)nc1.[2H]C([2H])([2H])c1cnc(-c2[c-]ccc3c2oc2ccccc23)cc1-c1ccccc1.[Ir]. The van der Waals surface area contributed by atoms with E-state index >= 15 is 0 Å². The molecule has 3 aromatic heterocycles. The van der Waals surface area contributed by atoms with Crippen molar-refractivity contribution < 1.29 is 28.6 Å². The van der Waals surface area contributed by atoms with Gasteiger partial charge in [-0.05, 0) is 52.1 Å². The minimum absolute atomic E-state index is 0. The molecular weight excluding hydrogens is 765 g/mol. The van der Waals surface area contributed by atoms with E-state index in [-0.39, 0.29) is 31.1 Å². The van der Waals surface area contributed by atoms with Gasteiger partial charge in [0, 0.05) is 47.4 Å². The molecule has 0 atom stereocenters.